The summed E-state index contributed by atoms with van der Waals surface area (Å²) < 4.78 is 0. The van der Waals surface area contributed by atoms with Gasteiger partial charge in [0.15, 0.2) is 0 Å². The third-order valence-corrected chi connectivity index (χ3v) is 9.01. The van der Waals surface area contributed by atoms with Crippen LogP contribution >= 0.6 is 0 Å². The molecule has 148 valence electrons. The molecule has 0 heterocycles. The van der Waals surface area contributed by atoms with Gasteiger partial charge in [-0.15, -0.1) is 0 Å². The molecule has 0 saturated heterocycles. The van der Waals surface area contributed by atoms with Crippen LogP contribution in [0.1, 0.15) is 59.3 Å². The Kier molecular flexibility index (Phi) is 4.19. The molecule has 4 aliphatic carbocycles. The highest BCUT2D eigenvalue weighted by Gasteiger charge is 2.72. The summed E-state index contributed by atoms with van der Waals surface area (Å²) in [5.74, 6) is -0.598. The molecule has 26 heavy (non-hydrogen) atoms. The van der Waals surface area contributed by atoms with Crippen molar-refractivity contribution in [2.24, 2.45) is 28.6 Å². The highest BCUT2D eigenvalue weighted by Crippen LogP contribution is 2.68. The topological polar surface area (TPSA) is 101 Å². The van der Waals surface area contributed by atoms with Gasteiger partial charge in [-0.3, -0.25) is 0 Å². The Labute approximate surface area is 155 Å². The molecule has 0 aromatic heterocycles. The van der Waals surface area contributed by atoms with Crippen LogP contribution in [-0.4, -0.2) is 55.5 Å². The molecule has 0 amide bonds. The Morgan fingerprint density at radius 2 is 1.81 bits per heavy atom. The van der Waals surface area contributed by atoms with Gasteiger partial charge in [0, 0.05) is 11.3 Å². The largest absolute Gasteiger partial charge is 0.393 e. The van der Waals surface area contributed by atoms with Gasteiger partial charge in [-0.25, -0.2) is 0 Å². The summed E-state index contributed by atoms with van der Waals surface area (Å²) in [5, 5.41) is 54.7. The van der Waals surface area contributed by atoms with Crippen LogP contribution in [0.3, 0.4) is 0 Å². The predicted octanol–water partition coefficient (Wildman–Crippen LogP) is 1.36. The molecular weight excluding hydrogens is 332 g/mol. The van der Waals surface area contributed by atoms with E-state index in [1.54, 1.807) is 6.92 Å². The van der Waals surface area contributed by atoms with E-state index in [-0.39, 0.29) is 29.3 Å². The summed E-state index contributed by atoms with van der Waals surface area (Å²) in [4.78, 5) is 0. The van der Waals surface area contributed by atoms with Crippen LogP contribution in [0.4, 0.5) is 0 Å². The Bertz CT molecular complexity index is 618. The first-order valence-electron chi connectivity index (χ1n) is 10.2. The fraction of sp³-hybridized carbons (Fsp3) is 0.905. The molecule has 3 saturated carbocycles. The molecule has 0 bridgehead atoms. The average Bonchev–Trinajstić information content (AvgIpc) is 2.86. The lowest BCUT2D eigenvalue weighted by molar-refractivity contribution is -0.270. The number of hydrogen-bond donors (Lipinski definition) is 5. The summed E-state index contributed by atoms with van der Waals surface area (Å²) in [6, 6.07) is 0. The minimum atomic E-state index is -1.10. The van der Waals surface area contributed by atoms with Crippen LogP contribution in [0.25, 0.3) is 0 Å². The normalized spacial score (nSPS) is 57.6. The summed E-state index contributed by atoms with van der Waals surface area (Å²) in [6.07, 6.45) is 3.12. The third kappa shape index (κ3) is 2.10. The number of rotatable bonds is 1. The number of aliphatic hydroxyl groups is 5. The zero-order chi connectivity index (χ0) is 19.1. The highest BCUT2D eigenvalue weighted by atomic mass is 16.3. The molecule has 0 radical (unpaired) electrons. The molecule has 4 rings (SSSR count). The monoisotopic (exact) mass is 366 g/mol. The SMILES string of the molecule is CC(O)[C@H]1CC[C@@]2(O)[C@@H]3CC=C4CC(O)CC[C@]4(C)[C@H]3C(O)C(O)[C@]12C. The van der Waals surface area contributed by atoms with Crippen molar-refractivity contribution in [2.45, 2.75) is 89.3 Å². The smallest absolute Gasteiger partial charge is 0.0886 e. The molecule has 0 aliphatic heterocycles. The van der Waals surface area contributed by atoms with Crippen LogP contribution in [-0.2, 0) is 0 Å². The van der Waals surface area contributed by atoms with Crippen molar-refractivity contribution in [3.8, 4) is 0 Å². The van der Waals surface area contributed by atoms with E-state index in [0.717, 1.165) is 6.42 Å². The highest BCUT2D eigenvalue weighted by molar-refractivity contribution is 5.30. The summed E-state index contributed by atoms with van der Waals surface area (Å²) in [5.41, 5.74) is -1.15. The van der Waals surface area contributed by atoms with Gasteiger partial charge in [0.25, 0.3) is 0 Å². The molecule has 10 atom stereocenters. The number of fused-ring (bicyclic) bond motifs is 5. The van der Waals surface area contributed by atoms with Gasteiger partial charge in [0.05, 0.1) is 30.0 Å². The maximum absolute atomic E-state index is 11.9. The van der Waals surface area contributed by atoms with E-state index < -0.39 is 29.3 Å². The van der Waals surface area contributed by atoms with E-state index in [0.29, 0.717) is 32.1 Å². The van der Waals surface area contributed by atoms with Crippen molar-refractivity contribution >= 4 is 0 Å². The average molecular weight is 366 g/mol. The fourth-order valence-corrected chi connectivity index (χ4v) is 7.50. The molecule has 4 unspecified atom stereocenters. The zero-order valence-corrected chi connectivity index (χ0v) is 16.1. The molecule has 0 aromatic carbocycles. The van der Waals surface area contributed by atoms with Gasteiger partial charge in [-0.2, -0.15) is 0 Å². The van der Waals surface area contributed by atoms with E-state index in [4.69, 9.17) is 0 Å². The second kappa shape index (κ2) is 5.77. The zero-order valence-electron chi connectivity index (χ0n) is 16.1. The number of aliphatic hydroxyl groups excluding tert-OH is 4. The third-order valence-electron chi connectivity index (χ3n) is 9.01. The number of hydrogen-bond acceptors (Lipinski definition) is 5. The molecule has 5 N–H and O–H groups in total. The maximum atomic E-state index is 11.9. The summed E-state index contributed by atoms with van der Waals surface area (Å²) >= 11 is 0. The van der Waals surface area contributed by atoms with Crippen molar-refractivity contribution in [2.75, 3.05) is 0 Å². The molecule has 4 aliphatic rings. The molecule has 5 heteroatoms. The first-order valence-corrected chi connectivity index (χ1v) is 10.2. The second-order valence-electron chi connectivity index (χ2n) is 9.94. The number of allylic oxidation sites excluding steroid dienone is 1. The lowest BCUT2D eigenvalue weighted by Crippen LogP contribution is -2.71. The first kappa shape index (κ1) is 18.9. The van der Waals surface area contributed by atoms with Gasteiger partial charge in [-0.1, -0.05) is 25.5 Å². The molecule has 3 fully saturated rings. The fourth-order valence-electron chi connectivity index (χ4n) is 7.50. The van der Waals surface area contributed by atoms with Crippen LogP contribution < -0.4 is 0 Å². The van der Waals surface area contributed by atoms with Gasteiger partial charge >= 0.3 is 0 Å². The van der Waals surface area contributed by atoms with E-state index in [9.17, 15) is 25.5 Å². The first-order chi connectivity index (χ1) is 12.1. The van der Waals surface area contributed by atoms with Gasteiger partial charge in [0.1, 0.15) is 0 Å². The van der Waals surface area contributed by atoms with Crippen molar-refractivity contribution in [3.63, 3.8) is 0 Å². The minimum absolute atomic E-state index is 0.140. The Morgan fingerprint density at radius 1 is 1.12 bits per heavy atom. The second-order valence-corrected chi connectivity index (χ2v) is 9.94. The molecular formula is C21H34O5. The van der Waals surface area contributed by atoms with Gasteiger partial charge in [0.2, 0.25) is 0 Å². The van der Waals surface area contributed by atoms with Crippen LogP contribution in [0.5, 0.6) is 0 Å². The van der Waals surface area contributed by atoms with E-state index in [1.165, 1.54) is 5.57 Å². The Hall–Kier alpha value is -0.460. The Morgan fingerprint density at radius 3 is 2.46 bits per heavy atom. The van der Waals surface area contributed by atoms with Gasteiger partial charge in [-0.05, 0) is 62.7 Å². The summed E-state index contributed by atoms with van der Waals surface area (Å²) in [7, 11) is 0. The van der Waals surface area contributed by atoms with Crippen molar-refractivity contribution in [1.29, 1.82) is 0 Å². The molecule has 0 spiro atoms. The predicted molar refractivity (Wildman–Crippen MR) is 97.1 cm³/mol. The maximum Gasteiger partial charge on any atom is 0.0886 e. The lowest BCUT2D eigenvalue weighted by atomic mass is 9.44. The standard InChI is InChI=1S/C21H34O5/c1-11(22)14-7-9-21(26)15-5-4-12-10-13(23)6-8-19(12,2)16(15)17(24)18(25)20(14,21)3/h4,11,13-18,22-26H,5-10H2,1-3H3/t11?,13?,14-,15-,16-,17?,18?,19+,20+,21-/m1/s1. The van der Waals surface area contributed by atoms with Crippen molar-refractivity contribution < 1.29 is 25.5 Å². The van der Waals surface area contributed by atoms with Crippen LogP contribution in [0, 0.1) is 28.6 Å². The van der Waals surface area contributed by atoms with Crippen molar-refractivity contribution in [3.05, 3.63) is 11.6 Å². The summed E-state index contributed by atoms with van der Waals surface area (Å²) in [6.45, 7) is 5.70. The van der Waals surface area contributed by atoms with E-state index in [2.05, 4.69) is 13.0 Å². The van der Waals surface area contributed by atoms with Crippen LogP contribution in [0.15, 0.2) is 11.6 Å². The van der Waals surface area contributed by atoms with Gasteiger partial charge < -0.3 is 25.5 Å². The van der Waals surface area contributed by atoms with Crippen molar-refractivity contribution in [1.82, 2.24) is 0 Å². The molecule has 5 nitrogen and oxygen atoms in total. The Balaban J connectivity index is 1.81. The van der Waals surface area contributed by atoms with Crippen LogP contribution in [0.2, 0.25) is 0 Å². The quantitative estimate of drug-likeness (QED) is 0.451. The van der Waals surface area contributed by atoms with E-state index >= 15 is 0 Å². The molecule has 0 aromatic rings. The lowest BCUT2D eigenvalue weighted by Gasteiger charge is -2.64. The van der Waals surface area contributed by atoms with E-state index in [1.807, 2.05) is 6.92 Å². The minimum Gasteiger partial charge on any atom is -0.393 e.